The molecule has 0 saturated heterocycles. The Morgan fingerprint density at radius 1 is 1.50 bits per heavy atom. The molecule has 0 atom stereocenters. The van der Waals surface area contributed by atoms with Crippen LogP contribution in [0.1, 0.15) is 19.4 Å². The average Bonchev–Trinajstić information content (AvgIpc) is 2.28. The Kier molecular flexibility index (Phi) is 3.67. The highest BCUT2D eigenvalue weighted by Gasteiger charge is 2.29. The number of nitrogens with one attached hydrogen (secondary N) is 1. The molecule has 0 fully saturated rings. The van der Waals surface area contributed by atoms with Gasteiger partial charge in [0.25, 0.3) is 5.69 Å². The van der Waals surface area contributed by atoms with Crippen molar-refractivity contribution in [1.82, 2.24) is 0 Å². The van der Waals surface area contributed by atoms with E-state index in [0.717, 1.165) is 5.56 Å². The number of nitriles is 1. The van der Waals surface area contributed by atoms with Gasteiger partial charge in [0.15, 0.2) is 0 Å². The van der Waals surface area contributed by atoms with E-state index in [1.807, 2.05) is 6.07 Å². The molecule has 0 unspecified atom stereocenters. The maximum Gasteiger partial charge on any atom is 0.292 e. The first kappa shape index (κ1) is 13.6. The molecule has 1 N–H and O–H groups in total. The number of carbonyl (C=O) groups is 1. The summed E-state index contributed by atoms with van der Waals surface area (Å²) in [5.41, 5.74) is -0.542. The molecule has 1 aromatic carbocycles. The Labute approximate surface area is 104 Å². The molecule has 1 amide bonds. The van der Waals surface area contributed by atoms with Gasteiger partial charge in [-0.2, -0.15) is 5.26 Å². The Hall–Kier alpha value is -2.42. The summed E-state index contributed by atoms with van der Waals surface area (Å²) in [5, 5.41) is 22.1. The highest BCUT2D eigenvalue weighted by molar-refractivity contribution is 5.98. The van der Waals surface area contributed by atoms with Gasteiger partial charge in [-0.1, -0.05) is 6.07 Å². The van der Waals surface area contributed by atoms with Gasteiger partial charge in [0.1, 0.15) is 11.1 Å². The molecule has 1 aromatic rings. The van der Waals surface area contributed by atoms with Crippen molar-refractivity contribution in [3.63, 3.8) is 0 Å². The summed E-state index contributed by atoms with van der Waals surface area (Å²) in [6, 6.07) is 6.26. The lowest BCUT2D eigenvalue weighted by Crippen LogP contribution is -2.29. The number of aryl methyl sites for hydroxylation is 1. The largest absolute Gasteiger partial charge is 0.319 e. The van der Waals surface area contributed by atoms with Crippen LogP contribution < -0.4 is 5.32 Å². The molecule has 18 heavy (non-hydrogen) atoms. The fraction of sp³-hybridized carbons (Fsp3) is 0.333. The number of amides is 1. The van der Waals surface area contributed by atoms with Crippen molar-refractivity contribution >= 4 is 17.3 Å². The van der Waals surface area contributed by atoms with E-state index in [2.05, 4.69) is 5.32 Å². The van der Waals surface area contributed by atoms with Crippen molar-refractivity contribution in [3.8, 4) is 6.07 Å². The van der Waals surface area contributed by atoms with E-state index in [1.54, 1.807) is 13.0 Å². The molecule has 6 nitrogen and oxygen atoms in total. The van der Waals surface area contributed by atoms with E-state index in [0.29, 0.717) is 0 Å². The zero-order valence-electron chi connectivity index (χ0n) is 10.4. The van der Waals surface area contributed by atoms with Gasteiger partial charge in [0.2, 0.25) is 5.91 Å². The first-order valence-corrected chi connectivity index (χ1v) is 5.25. The van der Waals surface area contributed by atoms with Crippen LogP contribution in [-0.4, -0.2) is 10.8 Å². The van der Waals surface area contributed by atoms with Gasteiger partial charge in [-0.25, -0.2) is 0 Å². The van der Waals surface area contributed by atoms with E-state index >= 15 is 0 Å². The second-order valence-electron chi connectivity index (χ2n) is 4.47. The molecule has 0 aromatic heterocycles. The Morgan fingerprint density at radius 2 is 2.11 bits per heavy atom. The van der Waals surface area contributed by atoms with Crippen molar-refractivity contribution in [2.45, 2.75) is 20.8 Å². The number of rotatable bonds is 3. The van der Waals surface area contributed by atoms with E-state index in [1.165, 1.54) is 26.0 Å². The molecule has 0 aliphatic carbocycles. The molecule has 0 saturated carbocycles. The maximum absolute atomic E-state index is 11.8. The molecule has 0 radical (unpaired) electrons. The third-order valence-corrected chi connectivity index (χ3v) is 2.44. The summed E-state index contributed by atoms with van der Waals surface area (Å²) >= 11 is 0. The van der Waals surface area contributed by atoms with Gasteiger partial charge in [0.05, 0.1) is 11.0 Å². The third-order valence-electron chi connectivity index (χ3n) is 2.44. The minimum atomic E-state index is -1.24. The molecular weight excluding hydrogens is 234 g/mol. The van der Waals surface area contributed by atoms with Crippen LogP contribution in [0.5, 0.6) is 0 Å². The lowest BCUT2D eigenvalue weighted by atomic mass is 9.94. The molecule has 6 heteroatoms. The van der Waals surface area contributed by atoms with E-state index in [-0.39, 0.29) is 11.4 Å². The predicted molar refractivity (Wildman–Crippen MR) is 65.9 cm³/mol. The third kappa shape index (κ3) is 2.83. The fourth-order valence-corrected chi connectivity index (χ4v) is 1.24. The van der Waals surface area contributed by atoms with Crippen LogP contribution in [0.25, 0.3) is 0 Å². The first-order chi connectivity index (χ1) is 8.27. The smallest absolute Gasteiger partial charge is 0.292 e. The summed E-state index contributed by atoms with van der Waals surface area (Å²) in [6.07, 6.45) is 0. The molecule has 0 bridgehead atoms. The number of benzene rings is 1. The molecule has 0 heterocycles. The normalized spacial score (nSPS) is 10.6. The van der Waals surface area contributed by atoms with Crippen LogP contribution in [0.4, 0.5) is 11.4 Å². The summed E-state index contributed by atoms with van der Waals surface area (Å²) in [4.78, 5) is 22.0. The van der Waals surface area contributed by atoms with Crippen LogP contribution in [0, 0.1) is 33.8 Å². The number of nitro benzene ring substituents is 1. The van der Waals surface area contributed by atoms with Gasteiger partial charge in [-0.3, -0.25) is 14.9 Å². The lowest BCUT2D eigenvalue weighted by Gasteiger charge is -2.15. The Bertz CT molecular complexity index is 544. The van der Waals surface area contributed by atoms with Crippen LogP contribution in [0.2, 0.25) is 0 Å². The molecule has 1 rings (SSSR count). The quantitative estimate of drug-likeness (QED) is 0.655. The van der Waals surface area contributed by atoms with E-state index < -0.39 is 16.2 Å². The Balaban J connectivity index is 3.12. The lowest BCUT2D eigenvalue weighted by molar-refractivity contribution is -0.383. The summed E-state index contributed by atoms with van der Waals surface area (Å²) < 4.78 is 0. The summed E-state index contributed by atoms with van der Waals surface area (Å²) in [5.74, 6) is -0.571. The van der Waals surface area contributed by atoms with Crippen LogP contribution in [0.3, 0.4) is 0 Å². The first-order valence-electron chi connectivity index (χ1n) is 5.25. The molecule has 0 aliphatic rings. The average molecular weight is 247 g/mol. The van der Waals surface area contributed by atoms with Crippen molar-refractivity contribution in [3.05, 3.63) is 33.9 Å². The van der Waals surface area contributed by atoms with Crippen molar-refractivity contribution < 1.29 is 9.72 Å². The zero-order chi connectivity index (χ0) is 13.9. The summed E-state index contributed by atoms with van der Waals surface area (Å²) in [7, 11) is 0. The minimum Gasteiger partial charge on any atom is -0.319 e. The van der Waals surface area contributed by atoms with Gasteiger partial charge in [-0.05, 0) is 32.4 Å². The van der Waals surface area contributed by atoms with Crippen LogP contribution in [0.15, 0.2) is 18.2 Å². The number of nitrogens with zero attached hydrogens (tertiary/aromatic N) is 2. The van der Waals surface area contributed by atoms with Gasteiger partial charge >= 0.3 is 0 Å². The van der Waals surface area contributed by atoms with Gasteiger partial charge < -0.3 is 5.32 Å². The number of anilines is 1. The highest BCUT2D eigenvalue weighted by Crippen LogP contribution is 2.27. The number of hydrogen-bond acceptors (Lipinski definition) is 4. The second-order valence-corrected chi connectivity index (χ2v) is 4.47. The van der Waals surface area contributed by atoms with Crippen LogP contribution in [-0.2, 0) is 4.79 Å². The molecule has 94 valence electrons. The summed E-state index contributed by atoms with van der Waals surface area (Å²) in [6.45, 7) is 4.66. The molecular formula is C12H13N3O3. The van der Waals surface area contributed by atoms with Crippen molar-refractivity contribution in [1.29, 1.82) is 5.26 Å². The van der Waals surface area contributed by atoms with E-state index in [9.17, 15) is 14.9 Å². The van der Waals surface area contributed by atoms with Crippen molar-refractivity contribution in [2.75, 3.05) is 5.32 Å². The predicted octanol–water partition coefficient (Wildman–Crippen LogP) is 2.39. The van der Waals surface area contributed by atoms with Gasteiger partial charge in [-0.15, -0.1) is 0 Å². The highest BCUT2D eigenvalue weighted by atomic mass is 16.6. The fourth-order valence-electron chi connectivity index (χ4n) is 1.24. The number of hydrogen-bond donors (Lipinski definition) is 1. The molecule has 0 aliphatic heterocycles. The second kappa shape index (κ2) is 4.84. The number of carbonyl (C=O) groups excluding carboxylic acids is 1. The van der Waals surface area contributed by atoms with E-state index in [4.69, 9.17) is 5.26 Å². The van der Waals surface area contributed by atoms with Crippen molar-refractivity contribution in [2.24, 2.45) is 5.41 Å². The maximum atomic E-state index is 11.8. The SMILES string of the molecule is Cc1ccc([N+](=O)[O-])c(NC(=O)C(C)(C)C#N)c1. The number of nitro groups is 1. The monoisotopic (exact) mass is 247 g/mol. The topological polar surface area (TPSA) is 96.0 Å². The molecule has 0 spiro atoms. The van der Waals surface area contributed by atoms with Gasteiger partial charge in [0, 0.05) is 6.07 Å². The Morgan fingerprint density at radius 3 is 2.61 bits per heavy atom. The zero-order valence-corrected chi connectivity index (χ0v) is 10.4. The standard InChI is InChI=1S/C12H13N3O3/c1-8-4-5-10(15(17)18)9(6-8)14-11(16)12(2,3)7-13/h4-6H,1-3H3,(H,14,16). The minimum absolute atomic E-state index is 0.105. The van der Waals surface area contributed by atoms with Crippen LogP contribution >= 0.6 is 0 Å².